The Labute approximate surface area is 113 Å². The molecule has 1 aliphatic rings. The Morgan fingerprint density at radius 1 is 1.32 bits per heavy atom. The summed E-state index contributed by atoms with van der Waals surface area (Å²) in [6.45, 7) is 2.02. The van der Waals surface area contributed by atoms with Gasteiger partial charge in [0.15, 0.2) is 0 Å². The van der Waals surface area contributed by atoms with Gasteiger partial charge in [0.25, 0.3) is 0 Å². The molecule has 0 bridgehead atoms. The van der Waals surface area contributed by atoms with Gasteiger partial charge >= 0.3 is 0 Å². The summed E-state index contributed by atoms with van der Waals surface area (Å²) in [5.74, 6) is 6.31. The van der Waals surface area contributed by atoms with Crippen molar-refractivity contribution in [3.05, 3.63) is 29.6 Å². The van der Waals surface area contributed by atoms with E-state index in [2.05, 4.69) is 18.8 Å². The fourth-order valence-corrected chi connectivity index (χ4v) is 2.36. The van der Waals surface area contributed by atoms with Gasteiger partial charge in [0.05, 0.1) is 11.7 Å². The second kappa shape index (κ2) is 6.58. The number of aliphatic hydroxyl groups is 1. The van der Waals surface area contributed by atoms with Gasteiger partial charge in [-0.1, -0.05) is 18.8 Å². The number of rotatable bonds is 2. The molecule has 1 aromatic rings. The summed E-state index contributed by atoms with van der Waals surface area (Å²) in [5.41, 5.74) is 0.507. The molecule has 1 saturated carbocycles. The highest BCUT2D eigenvalue weighted by Crippen LogP contribution is 2.28. The first-order valence-electron chi connectivity index (χ1n) is 6.75. The van der Waals surface area contributed by atoms with Gasteiger partial charge in [-0.2, -0.15) is 0 Å². The molecule has 1 N–H and O–H groups in total. The molecule has 19 heavy (non-hydrogen) atoms. The molecule has 0 atom stereocenters. The zero-order valence-electron chi connectivity index (χ0n) is 11.2. The predicted molar refractivity (Wildman–Crippen MR) is 72.4 cm³/mol. The second-order valence-electron chi connectivity index (χ2n) is 5.10. The summed E-state index contributed by atoms with van der Waals surface area (Å²) in [4.78, 5) is 0. The standard InChI is InChI=1S/C16H19FO2/c1-12-4-7-15(8-5-12)19-16-9-6-14(17)11-13(16)3-2-10-18/h6,9,11-12,15,18H,4-5,7-8,10H2,1H3. The smallest absolute Gasteiger partial charge is 0.135 e. The van der Waals surface area contributed by atoms with Gasteiger partial charge in [0, 0.05) is 0 Å². The van der Waals surface area contributed by atoms with Crippen LogP contribution in [-0.4, -0.2) is 17.8 Å². The van der Waals surface area contributed by atoms with Gasteiger partial charge in [-0.15, -0.1) is 0 Å². The van der Waals surface area contributed by atoms with Crippen LogP contribution in [0, 0.1) is 23.6 Å². The van der Waals surface area contributed by atoms with Crippen LogP contribution < -0.4 is 4.74 Å². The monoisotopic (exact) mass is 262 g/mol. The third-order valence-electron chi connectivity index (χ3n) is 3.50. The van der Waals surface area contributed by atoms with Crippen molar-refractivity contribution in [2.24, 2.45) is 5.92 Å². The zero-order valence-corrected chi connectivity index (χ0v) is 11.2. The Morgan fingerprint density at radius 3 is 2.74 bits per heavy atom. The Hall–Kier alpha value is -1.53. The summed E-state index contributed by atoms with van der Waals surface area (Å²) < 4.78 is 19.2. The van der Waals surface area contributed by atoms with Gasteiger partial charge in [0.1, 0.15) is 18.2 Å². The SMILES string of the molecule is CC1CCC(Oc2ccc(F)cc2C#CCO)CC1. The van der Waals surface area contributed by atoms with E-state index >= 15 is 0 Å². The Kier molecular flexibility index (Phi) is 4.81. The number of benzene rings is 1. The molecule has 0 amide bonds. The van der Waals surface area contributed by atoms with Gasteiger partial charge < -0.3 is 9.84 Å². The quantitative estimate of drug-likeness (QED) is 0.830. The van der Waals surface area contributed by atoms with E-state index in [1.54, 1.807) is 6.07 Å². The Bertz CT molecular complexity index is 479. The number of aliphatic hydroxyl groups excluding tert-OH is 1. The lowest BCUT2D eigenvalue weighted by atomic mass is 9.89. The summed E-state index contributed by atoms with van der Waals surface area (Å²) in [5, 5.41) is 8.73. The van der Waals surface area contributed by atoms with E-state index in [1.165, 1.54) is 25.0 Å². The summed E-state index contributed by atoms with van der Waals surface area (Å²) in [6, 6.07) is 4.35. The van der Waals surface area contributed by atoms with Crippen LogP contribution in [0.4, 0.5) is 4.39 Å². The minimum Gasteiger partial charge on any atom is -0.489 e. The van der Waals surface area contributed by atoms with E-state index < -0.39 is 0 Å². The van der Waals surface area contributed by atoms with Crippen molar-refractivity contribution in [1.29, 1.82) is 0 Å². The molecule has 0 spiro atoms. The Morgan fingerprint density at radius 2 is 2.05 bits per heavy atom. The maximum absolute atomic E-state index is 13.2. The van der Waals surface area contributed by atoms with Crippen molar-refractivity contribution < 1.29 is 14.2 Å². The zero-order chi connectivity index (χ0) is 13.7. The van der Waals surface area contributed by atoms with Crippen LogP contribution in [0.15, 0.2) is 18.2 Å². The van der Waals surface area contributed by atoms with Gasteiger partial charge in [-0.05, 0) is 49.8 Å². The van der Waals surface area contributed by atoms with Crippen molar-refractivity contribution in [2.75, 3.05) is 6.61 Å². The fraction of sp³-hybridized carbons (Fsp3) is 0.500. The van der Waals surface area contributed by atoms with Crippen molar-refractivity contribution >= 4 is 0 Å². The average Bonchev–Trinajstić information content (AvgIpc) is 2.41. The number of halogens is 1. The molecule has 2 rings (SSSR count). The minimum atomic E-state index is -0.341. The molecule has 3 heteroatoms. The molecule has 2 nitrogen and oxygen atoms in total. The highest BCUT2D eigenvalue weighted by molar-refractivity contribution is 5.46. The lowest BCUT2D eigenvalue weighted by Crippen LogP contribution is -2.23. The highest BCUT2D eigenvalue weighted by Gasteiger charge is 2.20. The minimum absolute atomic E-state index is 0.191. The average molecular weight is 262 g/mol. The van der Waals surface area contributed by atoms with Gasteiger partial charge in [0.2, 0.25) is 0 Å². The van der Waals surface area contributed by atoms with Gasteiger partial charge in [-0.25, -0.2) is 4.39 Å². The fourth-order valence-electron chi connectivity index (χ4n) is 2.36. The van der Waals surface area contributed by atoms with Crippen LogP contribution in [0.5, 0.6) is 5.75 Å². The Balaban J connectivity index is 2.10. The van der Waals surface area contributed by atoms with Crippen molar-refractivity contribution in [3.63, 3.8) is 0 Å². The highest BCUT2D eigenvalue weighted by atomic mass is 19.1. The first-order valence-corrected chi connectivity index (χ1v) is 6.75. The third-order valence-corrected chi connectivity index (χ3v) is 3.50. The molecule has 0 heterocycles. The van der Waals surface area contributed by atoms with Crippen LogP contribution in [0.2, 0.25) is 0 Å². The summed E-state index contributed by atoms with van der Waals surface area (Å²) >= 11 is 0. The van der Waals surface area contributed by atoms with E-state index in [0.717, 1.165) is 18.8 Å². The number of hydrogen-bond donors (Lipinski definition) is 1. The largest absolute Gasteiger partial charge is 0.489 e. The predicted octanol–water partition coefficient (Wildman–Crippen LogP) is 3.13. The van der Waals surface area contributed by atoms with Gasteiger partial charge in [-0.3, -0.25) is 0 Å². The topological polar surface area (TPSA) is 29.5 Å². The maximum Gasteiger partial charge on any atom is 0.135 e. The first kappa shape index (κ1) is 13.9. The number of ether oxygens (including phenoxy) is 1. The lowest BCUT2D eigenvalue weighted by molar-refractivity contribution is 0.135. The number of hydrogen-bond acceptors (Lipinski definition) is 2. The van der Waals surface area contributed by atoms with E-state index in [-0.39, 0.29) is 18.5 Å². The van der Waals surface area contributed by atoms with Crippen molar-refractivity contribution in [3.8, 4) is 17.6 Å². The van der Waals surface area contributed by atoms with E-state index in [9.17, 15) is 4.39 Å². The van der Waals surface area contributed by atoms with E-state index in [4.69, 9.17) is 9.84 Å². The molecule has 0 radical (unpaired) electrons. The summed E-state index contributed by atoms with van der Waals surface area (Å²) in [6.07, 6.45) is 4.60. The maximum atomic E-state index is 13.2. The van der Waals surface area contributed by atoms with Crippen LogP contribution in [0.3, 0.4) is 0 Å². The summed E-state index contributed by atoms with van der Waals surface area (Å²) in [7, 11) is 0. The van der Waals surface area contributed by atoms with E-state index in [1.807, 2.05) is 0 Å². The third kappa shape index (κ3) is 3.97. The second-order valence-corrected chi connectivity index (χ2v) is 5.10. The van der Waals surface area contributed by atoms with Crippen molar-refractivity contribution in [1.82, 2.24) is 0 Å². The molecule has 102 valence electrons. The molecule has 1 fully saturated rings. The molecule has 0 aromatic heterocycles. The molecule has 0 saturated heterocycles. The molecule has 1 aliphatic carbocycles. The van der Waals surface area contributed by atoms with Crippen LogP contribution in [0.25, 0.3) is 0 Å². The molecular weight excluding hydrogens is 243 g/mol. The van der Waals surface area contributed by atoms with E-state index in [0.29, 0.717) is 11.3 Å². The molecule has 0 unspecified atom stereocenters. The van der Waals surface area contributed by atoms with Crippen molar-refractivity contribution in [2.45, 2.75) is 38.7 Å². The van der Waals surface area contributed by atoms with Crippen LogP contribution in [0.1, 0.15) is 38.2 Å². The van der Waals surface area contributed by atoms with Crippen LogP contribution in [-0.2, 0) is 0 Å². The molecule has 0 aliphatic heterocycles. The molecule has 1 aromatic carbocycles. The molecular formula is C16H19FO2. The van der Waals surface area contributed by atoms with Crippen LogP contribution >= 0.6 is 0 Å². The first-order chi connectivity index (χ1) is 9.19. The lowest BCUT2D eigenvalue weighted by Gasteiger charge is -2.27. The normalized spacial score (nSPS) is 22.5.